The Labute approximate surface area is 93.8 Å². The summed E-state index contributed by atoms with van der Waals surface area (Å²) in [5, 5.41) is 11.8. The Kier molecular flexibility index (Phi) is 2.97. The molecule has 0 amide bonds. The summed E-state index contributed by atoms with van der Waals surface area (Å²) in [4.78, 5) is 0. The van der Waals surface area contributed by atoms with Crippen LogP contribution >= 0.6 is 11.8 Å². The Balaban J connectivity index is 1.85. The number of nitrogens with zero attached hydrogens (tertiary/aromatic N) is 4. The molecule has 15 heavy (non-hydrogen) atoms. The lowest BCUT2D eigenvalue weighted by atomic mass is 10.1. The molecule has 5 nitrogen and oxygen atoms in total. The molecule has 1 aliphatic carbocycles. The van der Waals surface area contributed by atoms with Crippen molar-refractivity contribution in [2.45, 2.75) is 44.0 Å². The van der Waals surface area contributed by atoms with Gasteiger partial charge < -0.3 is 5.73 Å². The van der Waals surface area contributed by atoms with E-state index in [9.17, 15) is 0 Å². The first-order valence-corrected chi connectivity index (χ1v) is 6.35. The molecule has 0 aliphatic heterocycles. The predicted octanol–water partition coefficient (Wildman–Crippen LogP) is 0.978. The van der Waals surface area contributed by atoms with Crippen LogP contribution in [0.4, 0.5) is 0 Å². The van der Waals surface area contributed by atoms with E-state index in [4.69, 9.17) is 5.73 Å². The van der Waals surface area contributed by atoms with Crippen molar-refractivity contribution in [1.82, 2.24) is 20.2 Å². The van der Waals surface area contributed by atoms with Crippen molar-refractivity contribution in [3.05, 3.63) is 5.82 Å². The van der Waals surface area contributed by atoms with Crippen LogP contribution in [0.5, 0.6) is 0 Å². The second-order valence-electron chi connectivity index (χ2n) is 4.75. The molecule has 1 aliphatic rings. The summed E-state index contributed by atoms with van der Waals surface area (Å²) in [6.07, 6.45) is 2.43. The minimum atomic E-state index is -0.122. The maximum Gasteiger partial charge on any atom is 0.161 e. The summed E-state index contributed by atoms with van der Waals surface area (Å²) in [7, 11) is 0. The van der Waals surface area contributed by atoms with Gasteiger partial charge in [-0.3, -0.25) is 0 Å². The van der Waals surface area contributed by atoms with E-state index in [0.29, 0.717) is 6.04 Å². The molecule has 2 rings (SSSR count). The van der Waals surface area contributed by atoms with Crippen LogP contribution in [0.2, 0.25) is 0 Å². The van der Waals surface area contributed by atoms with Crippen molar-refractivity contribution in [3.63, 3.8) is 0 Å². The molecule has 0 saturated heterocycles. The van der Waals surface area contributed by atoms with Crippen molar-refractivity contribution in [3.8, 4) is 0 Å². The van der Waals surface area contributed by atoms with Crippen LogP contribution in [-0.2, 0) is 5.75 Å². The monoisotopic (exact) mass is 227 g/mol. The third-order valence-electron chi connectivity index (χ3n) is 2.16. The molecule has 0 bridgehead atoms. The topological polar surface area (TPSA) is 69.6 Å². The summed E-state index contributed by atoms with van der Waals surface area (Å²) in [6, 6.07) is 0.557. The van der Waals surface area contributed by atoms with E-state index in [0.717, 1.165) is 17.3 Å². The van der Waals surface area contributed by atoms with Crippen molar-refractivity contribution in [1.29, 1.82) is 0 Å². The fourth-order valence-corrected chi connectivity index (χ4v) is 2.32. The molecule has 0 atom stereocenters. The van der Waals surface area contributed by atoms with Gasteiger partial charge in [0.15, 0.2) is 5.82 Å². The second kappa shape index (κ2) is 4.09. The minimum Gasteiger partial charge on any atom is -0.325 e. The van der Waals surface area contributed by atoms with Crippen LogP contribution in [0, 0.1) is 0 Å². The fourth-order valence-electron chi connectivity index (χ4n) is 1.32. The lowest BCUT2D eigenvalue weighted by Gasteiger charge is -2.17. The number of aromatic nitrogens is 4. The number of tetrazole rings is 1. The lowest BCUT2D eigenvalue weighted by Crippen LogP contribution is -2.34. The Hall–Kier alpha value is -0.620. The maximum atomic E-state index is 5.91. The molecule has 0 aromatic carbocycles. The number of hydrogen-bond acceptors (Lipinski definition) is 5. The number of nitrogens with two attached hydrogens (primary N) is 1. The van der Waals surface area contributed by atoms with Crippen molar-refractivity contribution < 1.29 is 0 Å². The Bertz CT molecular complexity index is 325. The summed E-state index contributed by atoms with van der Waals surface area (Å²) < 4.78 is 1.95. The van der Waals surface area contributed by atoms with Gasteiger partial charge in [-0.05, 0) is 37.1 Å². The Morgan fingerprint density at radius 2 is 2.27 bits per heavy atom. The van der Waals surface area contributed by atoms with E-state index in [-0.39, 0.29) is 5.54 Å². The summed E-state index contributed by atoms with van der Waals surface area (Å²) in [5.41, 5.74) is 5.78. The molecule has 0 radical (unpaired) electrons. The molecule has 1 fully saturated rings. The van der Waals surface area contributed by atoms with Crippen LogP contribution in [0.15, 0.2) is 0 Å². The predicted molar refractivity (Wildman–Crippen MR) is 60.5 cm³/mol. The highest BCUT2D eigenvalue weighted by molar-refractivity contribution is 7.98. The van der Waals surface area contributed by atoms with E-state index in [1.807, 2.05) is 18.5 Å². The smallest absolute Gasteiger partial charge is 0.161 e. The molecule has 1 saturated carbocycles. The Morgan fingerprint density at radius 3 is 2.87 bits per heavy atom. The first kappa shape index (κ1) is 10.9. The van der Waals surface area contributed by atoms with Gasteiger partial charge >= 0.3 is 0 Å². The third kappa shape index (κ3) is 3.17. The molecule has 0 unspecified atom stereocenters. The minimum absolute atomic E-state index is 0.122. The molecular weight excluding hydrogens is 210 g/mol. The Morgan fingerprint density at radius 1 is 1.53 bits per heavy atom. The van der Waals surface area contributed by atoms with Crippen molar-refractivity contribution in [2.75, 3.05) is 5.75 Å². The van der Waals surface area contributed by atoms with E-state index >= 15 is 0 Å². The standard InChI is InChI=1S/C9H17N5S/c1-9(2,10)6-15-5-8-11-12-13-14(8)7-3-4-7/h7H,3-6,10H2,1-2H3. The summed E-state index contributed by atoms with van der Waals surface area (Å²) in [5.74, 6) is 2.75. The van der Waals surface area contributed by atoms with E-state index < -0.39 is 0 Å². The molecule has 1 aromatic rings. The molecule has 2 N–H and O–H groups in total. The van der Waals surface area contributed by atoms with Crippen molar-refractivity contribution >= 4 is 11.8 Å². The first-order valence-electron chi connectivity index (χ1n) is 5.20. The zero-order chi connectivity index (χ0) is 10.9. The molecule has 0 spiro atoms. The number of thioether (sulfide) groups is 1. The highest BCUT2D eigenvalue weighted by atomic mass is 32.2. The zero-order valence-corrected chi connectivity index (χ0v) is 10.00. The first-order chi connectivity index (χ1) is 7.06. The van der Waals surface area contributed by atoms with Crippen LogP contribution < -0.4 is 5.73 Å². The van der Waals surface area contributed by atoms with Gasteiger partial charge in [0.2, 0.25) is 0 Å². The molecular formula is C9H17N5S. The van der Waals surface area contributed by atoms with Crippen LogP contribution in [0.25, 0.3) is 0 Å². The van der Waals surface area contributed by atoms with Gasteiger partial charge in [0.25, 0.3) is 0 Å². The van der Waals surface area contributed by atoms with Gasteiger partial charge in [0, 0.05) is 11.3 Å². The second-order valence-corrected chi connectivity index (χ2v) is 5.74. The van der Waals surface area contributed by atoms with Gasteiger partial charge in [-0.25, -0.2) is 4.68 Å². The van der Waals surface area contributed by atoms with E-state index in [1.165, 1.54) is 12.8 Å². The lowest BCUT2D eigenvalue weighted by molar-refractivity contribution is 0.586. The molecule has 1 heterocycles. The largest absolute Gasteiger partial charge is 0.325 e. The van der Waals surface area contributed by atoms with Gasteiger partial charge in [0.1, 0.15) is 0 Å². The maximum absolute atomic E-state index is 5.91. The van der Waals surface area contributed by atoms with Crippen LogP contribution in [-0.4, -0.2) is 31.5 Å². The van der Waals surface area contributed by atoms with Crippen LogP contribution in [0.3, 0.4) is 0 Å². The molecule has 1 aromatic heterocycles. The van der Waals surface area contributed by atoms with E-state index in [2.05, 4.69) is 15.5 Å². The normalized spacial score (nSPS) is 17.0. The van der Waals surface area contributed by atoms with Gasteiger partial charge in [-0.1, -0.05) is 0 Å². The average Bonchev–Trinajstić information content (AvgIpc) is 2.86. The van der Waals surface area contributed by atoms with Crippen molar-refractivity contribution in [2.24, 2.45) is 5.73 Å². The summed E-state index contributed by atoms with van der Waals surface area (Å²) >= 11 is 1.79. The third-order valence-corrected chi connectivity index (χ3v) is 3.57. The van der Waals surface area contributed by atoms with Crippen LogP contribution in [0.1, 0.15) is 38.6 Å². The molecule has 84 valence electrons. The SMILES string of the molecule is CC(C)(N)CSCc1nnnn1C1CC1. The zero-order valence-electron chi connectivity index (χ0n) is 9.18. The number of rotatable bonds is 5. The van der Waals surface area contributed by atoms with E-state index in [1.54, 1.807) is 11.8 Å². The number of hydrogen-bond donors (Lipinski definition) is 1. The van der Waals surface area contributed by atoms with Gasteiger partial charge in [0.05, 0.1) is 11.8 Å². The highest BCUT2D eigenvalue weighted by Crippen LogP contribution is 2.34. The highest BCUT2D eigenvalue weighted by Gasteiger charge is 2.27. The fraction of sp³-hybridized carbons (Fsp3) is 0.889. The quantitative estimate of drug-likeness (QED) is 0.812. The molecule has 6 heteroatoms. The summed E-state index contributed by atoms with van der Waals surface area (Å²) in [6.45, 7) is 4.06. The average molecular weight is 227 g/mol. The van der Waals surface area contributed by atoms with Gasteiger partial charge in [-0.2, -0.15) is 11.8 Å². The van der Waals surface area contributed by atoms with Gasteiger partial charge in [-0.15, -0.1) is 5.10 Å².